The highest BCUT2D eigenvalue weighted by Gasteiger charge is 2.21. The van der Waals surface area contributed by atoms with Gasteiger partial charge in [0.25, 0.3) is 5.56 Å². The molecule has 0 fully saturated rings. The minimum absolute atomic E-state index is 0.0129. The number of nitrogens with zero attached hydrogens (tertiary/aromatic N) is 3. The van der Waals surface area contributed by atoms with Gasteiger partial charge < -0.3 is 14.6 Å². The van der Waals surface area contributed by atoms with Crippen molar-refractivity contribution in [2.45, 2.75) is 40.3 Å². The number of fused-ring (bicyclic) bond motifs is 1. The van der Waals surface area contributed by atoms with E-state index in [1.807, 2.05) is 6.92 Å². The first kappa shape index (κ1) is 18.5. The van der Waals surface area contributed by atoms with Crippen LogP contribution in [0.15, 0.2) is 23.0 Å². The van der Waals surface area contributed by atoms with E-state index in [9.17, 15) is 4.79 Å². The van der Waals surface area contributed by atoms with Gasteiger partial charge in [0.1, 0.15) is 11.6 Å². The van der Waals surface area contributed by atoms with Gasteiger partial charge in [-0.2, -0.15) is 0 Å². The quantitative estimate of drug-likeness (QED) is 0.862. The van der Waals surface area contributed by atoms with Crippen molar-refractivity contribution >= 4 is 5.69 Å². The summed E-state index contributed by atoms with van der Waals surface area (Å²) >= 11 is 0. The molecule has 0 bridgehead atoms. The van der Waals surface area contributed by atoms with Gasteiger partial charge in [0.05, 0.1) is 18.4 Å². The highest BCUT2D eigenvalue weighted by Crippen LogP contribution is 2.28. The summed E-state index contributed by atoms with van der Waals surface area (Å²) in [5.41, 5.74) is 4.03. The Bertz CT molecular complexity index is 827. The van der Waals surface area contributed by atoms with Crippen LogP contribution in [0.5, 0.6) is 5.75 Å². The first-order chi connectivity index (χ1) is 12.5. The molecule has 2 aromatic rings. The third kappa shape index (κ3) is 3.75. The highest BCUT2D eigenvalue weighted by molar-refractivity contribution is 5.53. The average Bonchev–Trinajstić information content (AvgIpc) is 2.64. The van der Waals surface area contributed by atoms with Crippen LogP contribution in [-0.4, -0.2) is 41.6 Å². The van der Waals surface area contributed by atoms with E-state index in [0.717, 1.165) is 55.2 Å². The van der Waals surface area contributed by atoms with Crippen molar-refractivity contribution in [3.05, 3.63) is 51.2 Å². The number of aromatic nitrogens is 2. The molecule has 1 aliphatic rings. The van der Waals surface area contributed by atoms with Gasteiger partial charge in [0.15, 0.2) is 0 Å². The number of ether oxygens (including phenoxy) is 1. The molecule has 6 nitrogen and oxygen atoms in total. The van der Waals surface area contributed by atoms with Gasteiger partial charge in [-0.05, 0) is 26.8 Å². The van der Waals surface area contributed by atoms with Crippen LogP contribution in [-0.2, 0) is 19.5 Å². The Morgan fingerprint density at radius 2 is 2.08 bits per heavy atom. The fourth-order valence-electron chi connectivity index (χ4n) is 3.63. The molecular formula is C20H28N4O2. The van der Waals surface area contributed by atoms with Crippen LogP contribution in [0.3, 0.4) is 0 Å². The normalized spacial score (nSPS) is 14.2. The molecule has 1 aromatic heterocycles. The molecule has 6 heteroatoms. The van der Waals surface area contributed by atoms with E-state index < -0.39 is 0 Å². The second-order valence-electron chi connectivity index (χ2n) is 6.71. The summed E-state index contributed by atoms with van der Waals surface area (Å²) < 4.78 is 5.64. The Hall–Kier alpha value is -2.34. The summed E-state index contributed by atoms with van der Waals surface area (Å²) in [5, 5.41) is 0. The molecule has 2 heterocycles. The molecule has 3 rings (SSSR count). The maximum absolute atomic E-state index is 12.2. The number of anilines is 1. The monoisotopic (exact) mass is 356 g/mol. The number of H-pyrrole nitrogens is 1. The predicted octanol–water partition coefficient (Wildman–Crippen LogP) is 2.49. The number of nitrogens with one attached hydrogen (secondary N) is 1. The lowest BCUT2D eigenvalue weighted by molar-refractivity contribution is 0.238. The molecule has 0 aliphatic carbocycles. The molecule has 140 valence electrons. The van der Waals surface area contributed by atoms with E-state index in [4.69, 9.17) is 4.74 Å². The smallest absolute Gasteiger partial charge is 0.255 e. The van der Waals surface area contributed by atoms with Crippen LogP contribution in [0.25, 0.3) is 0 Å². The second-order valence-corrected chi connectivity index (χ2v) is 6.71. The number of rotatable bonds is 6. The Kier molecular flexibility index (Phi) is 5.61. The van der Waals surface area contributed by atoms with E-state index in [1.165, 1.54) is 5.69 Å². The van der Waals surface area contributed by atoms with E-state index in [0.29, 0.717) is 12.4 Å². The molecule has 0 unspecified atom stereocenters. The predicted molar refractivity (Wildman–Crippen MR) is 104 cm³/mol. The lowest BCUT2D eigenvalue weighted by atomic mass is 10.1. The molecule has 0 saturated carbocycles. The van der Waals surface area contributed by atoms with Gasteiger partial charge in [-0.15, -0.1) is 0 Å². The fraction of sp³-hybridized carbons (Fsp3) is 0.500. The lowest BCUT2D eigenvalue weighted by Gasteiger charge is -2.28. The standard InChI is InChI=1S/C20H28N4O2/c1-5-24(6-2)16-8-7-15(19(11-16)26-4)12-23-10-9-18-17(13-23)20(25)22-14(3)21-18/h7-8,11H,5-6,9-10,12-13H2,1-4H3,(H,21,22,25). The summed E-state index contributed by atoms with van der Waals surface area (Å²) in [6.07, 6.45) is 0.805. The van der Waals surface area contributed by atoms with Gasteiger partial charge in [-0.25, -0.2) is 4.98 Å². The lowest BCUT2D eigenvalue weighted by Crippen LogP contribution is -2.35. The fourth-order valence-corrected chi connectivity index (χ4v) is 3.63. The van der Waals surface area contributed by atoms with Crippen molar-refractivity contribution in [1.82, 2.24) is 14.9 Å². The molecule has 0 amide bonds. The molecule has 0 spiro atoms. The SMILES string of the molecule is CCN(CC)c1ccc(CN2CCc3nc(C)[nH]c(=O)c3C2)c(OC)c1. The van der Waals surface area contributed by atoms with E-state index in [2.05, 4.69) is 51.8 Å². The maximum atomic E-state index is 12.2. The molecule has 26 heavy (non-hydrogen) atoms. The number of hydrogen-bond donors (Lipinski definition) is 1. The van der Waals surface area contributed by atoms with Crippen LogP contribution < -0.4 is 15.2 Å². The Labute approximate surface area is 154 Å². The van der Waals surface area contributed by atoms with Crippen molar-refractivity contribution in [3.8, 4) is 5.75 Å². The van der Waals surface area contributed by atoms with Crippen LogP contribution >= 0.6 is 0 Å². The minimum Gasteiger partial charge on any atom is -0.496 e. The van der Waals surface area contributed by atoms with Crippen molar-refractivity contribution in [1.29, 1.82) is 0 Å². The Balaban J connectivity index is 1.80. The van der Waals surface area contributed by atoms with E-state index >= 15 is 0 Å². The number of methoxy groups -OCH3 is 1. The largest absolute Gasteiger partial charge is 0.496 e. The van der Waals surface area contributed by atoms with Crippen LogP contribution in [0.1, 0.15) is 36.5 Å². The zero-order valence-electron chi connectivity index (χ0n) is 16.1. The van der Waals surface area contributed by atoms with Gasteiger partial charge in [0, 0.05) is 56.5 Å². The molecule has 0 atom stereocenters. The van der Waals surface area contributed by atoms with Crippen molar-refractivity contribution < 1.29 is 4.74 Å². The number of hydrogen-bond acceptors (Lipinski definition) is 5. The summed E-state index contributed by atoms with van der Waals surface area (Å²) in [6.45, 7) is 10.4. The molecule has 0 radical (unpaired) electrons. The van der Waals surface area contributed by atoms with Crippen molar-refractivity contribution in [3.63, 3.8) is 0 Å². The first-order valence-corrected chi connectivity index (χ1v) is 9.28. The van der Waals surface area contributed by atoms with Crippen molar-refractivity contribution in [2.75, 3.05) is 31.6 Å². The number of aromatic amines is 1. The summed E-state index contributed by atoms with van der Waals surface area (Å²) in [6, 6.07) is 6.40. The maximum Gasteiger partial charge on any atom is 0.255 e. The van der Waals surface area contributed by atoms with Gasteiger partial charge in [-0.3, -0.25) is 9.69 Å². The molecule has 1 aromatic carbocycles. The molecular weight excluding hydrogens is 328 g/mol. The van der Waals surface area contributed by atoms with Gasteiger partial charge in [0.2, 0.25) is 0 Å². The summed E-state index contributed by atoms with van der Waals surface area (Å²) in [7, 11) is 1.72. The highest BCUT2D eigenvalue weighted by atomic mass is 16.5. The van der Waals surface area contributed by atoms with Gasteiger partial charge in [-0.1, -0.05) is 6.07 Å². The zero-order chi connectivity index (χ0) is 18.7. The molecule has 1 N–H and O–H groups in total. The van der Waals surface area contributed by atoms with Crippen LogP contribution in [0, 0.1) is 6.92 Å². The van der Waals surface area contributed by atoms with Crippen LogP contribution in [0.2, 0.25) is 0 Å². The second kappa shape index (κ2) is 7.91. The zero-order valence-corrected chi connectivity index (χ0v) is 16.1. The van der Waals surface area contributed by atoms with Crippen molar-refractivity contribution in [2.24, 2.45) is 0 Å². The van der Waals surface area contributed by atoms with Gasteiger partial charge >= 0.3 is 0 Å². The summed E-state index contributed by atoms with van der Waals surface area (Å²) in [5.74, 6) is 1.59. The number of aryl methyl sites for hydroxylation is 1. The first-order valence-electron chi connectivity index (χ1n) is 9.28. The van der Waals surface area contributed by atoms with E-state index in [1.54, 1.807) is 7.11 Å². The van der Waals surface area contributed by atoms with Crippen LogP contribution in [0.4, 0.5) is 5.69 Å². The third-order valence-electron chi connectivity index (χ3n) is 5.06. The van der Waals surface area contributed by atoms with E-state index in [-0.39, 0.29) is 5.56 Å². The Morgan fingerprint density at radius 3 is 2.77 bits per heavy atom. The molecule has 0 saturated heterocycles. The Morgan fingerprint density at radius 1 is 1.31 bits per heavy atom. The number of benzene rings is 1. The molecule has 1 aliphatic heterocycles. The third-order valence-corrected chi connectivity index (χ3v) is 5.06. The average molecular weight is 356 g/mol. The minimum atomic E-state index is -0.0129. The topological polar surface area (TPSA) is 61.5 Å². The summed E-state index contributed by atoms with van der Waals surface area (Å²) in [4.78, 5) is 24.1.